The third kappa shape index (κ3) is 5.46. The highest BCUT2D eigenvalue weighted by Crippen LogP contribution is 2.40. The number of Topliss-reactive ketones (excluding diaryl/α,β-unsaturated/α-hetero) is 1. The van der Waals surface area contributed by atoms with Gasteiger partial charge in [0.15, 0.2) is 0 Å². The van der Waals surface area contributed by atoms with Gasteiger partial charge >= 0.3 is 0 Å². The summed E-state index contributed by atoms with van der Waals surface area (Å²) in [6.45, 7) is 10.7. The number of halogens is 1. The third-order valence-corrected chi connectivity index (χ3v) is 6.00. The molecule has 0 radical (unpaired) electrons. The van der Waals surface area contributed by atoms with Gasteiger partial charge in [-0.1, -0.05) is 50.2 Å². The largest absolute Gasteiger partial charge is 0.507 e. The molecule has 1 atom stereocenters. The van der Waals surface area contributed by atoms with E-state index < -0.39 is 17.7 Å². The van der Waals surface area contributed by atoms with Crippen LogP contribution in [0.3, 0.4) is 0 Å². The molecule has 1 N–H and O–H groups in total. The first-order chi connectivity index (χ1) is 15.9. The molecule has 0 unspecified atom stereocenters. The van der Waals surface area contributed by atoms with Crippen molar-refractivity contribution in [2.45, 2.75) is 19.9 Å². The lowest BCUT2D eigenvalue weighted by Gasteiger charge is -2.28. The molecule has 2 aromatic rings. The van der Waals surface area contributed by atoms with E-state index in [4.69, 9.17) is 16.3 Å². The number of amides is 1. The Balaban J connectivity index is 2.09. The molecule has 1 aliphatic heterocycles. The Morgan fingerprint density at radius 2 is 1.88 bits per heavy atom. The van der Waals surface area contributed by atoms with Crippen molar-refractivity contribution < 1.29 is 19.4 Å². The van der Waals surface area contributed by atoms with Crippen molar-refractivity contribution in [3.63, 3.8) is 0 Å². The van der Waals surface area contributed by atoms with Gasteiger partial charge in [0.1, 0.15) is 18.1 Å². The molecule has 0 bridgehead atoms. The first kappa shape index (κ1) is 24.6. The van der Waals surface area contributed by atoms with E-state index in [-0.39, 0.29) is 11.3 Å². The van der Waals surface area contributed by atoms with Crippen LogP contribution in [0.25, 0.3) is 5.76 Å². The monoisotopic (exact) mass is 468 g/mol. The van der Waals surface area contributed by atoms with Crippen LogP contribution in [-0.2, 0) is 9.59 Å². The van der Waals surface area contributed by atoms with Crippen molar-refractivity contribution in [2.24, 2.45) is 0 Å². The number of aliphatic hydroxyl groups is 1. The second-order valence-corrected chi connectivity index (χ2v) is 8.13. The Hall–Kier alpha value is -3.09. The van der Waals surface area contributed by atoms with E-state index >= 15 is 0 Å². The lowest BCUT2D eigenvalue weighted by atomic mass is 9.95. The summed E-state index contributed by atoms with van der Waals surface area (Å²) >= 11 is 5.98. The maximum Gasteiger partial charge on any atom is 0.295 e. The highest BCUT2D eigenvalue weighted by molar-refractivity contribution is 6.46. The van der Waals surface area contributed by atoms with Crippen LogP contribution in [0.15, 0.2) is 66.8 Å². The van der Waals surface area contributed by atoms with E-state index in [9.17, 15) is 14.7 Å². The maximum absolute atomic E-state index is 13.1. The summed E-state index contributed by atoms with van der Waals surface area (Å²) in [4.78, 5) is 29.9. The van der Waals surface area contributed by atoms with E-state index in [1.807, 2.05) is 6.07 Å². The molecule has 2 aromatic carbocycles. The number of hydrogen-bond donors (Lipinski definition) is 1. The molecule has 0 saturated carbocycles. The normalized spacial score (nSPS) is 17.6. The van der Waals surface area contributed by atoms with Crippen LogP contribution in [0, 0.1) is 0 Å². The Morgan fingerprint density at radius 1 is 1.18 bits per heavy atom. The van der Waals surface area contributed by atoms with Crippen molar-refractivity contribution in [1.29, 1.82) is 0 Å². The molecular formula is C26H29ClN2O4. The molecule has 33 heavy (non-hydrogen) atoms. The zero-order valence-electron chi connectivity index (χ0n) is 19.0. The minimum atomic E-state index is -0.733. The summed E-state index contributed by atoms with van der Waals surface area (Å²) in [5, 5.41) is 11.6. The average Bonchev–Trinajstić information content (AvgIpc) is 3.08. The van der Waals surface area contributed by atoms with Crippen molar-refractivity contribution in [3.8, 4) is 5.75 Å². The number of aliphatic hydroxyl groups excluding tert-OH is 1. The highest BCUT2D eigenvalue weighted by Gasteiger charge is 2.46. The predicted octanol–water partition coefficient (Wildman–Crippen LogP) is 4.67. The lowest BCUT2D eigenvalue weighted by Crippen LogP contribution is -2.38. The van der Waals surface area contributed by atoms with Gasteiger partial charge in [0.05, 0.1) is 11.6 Å². The van der Waals surface area contributed by atoms with Crippen LogP contribution >= 0.6 is 11.6 Å². The van der Waals surface area contributed by atoms with E-state index in [2.05, 4.69) is 25.3 Å². The molecule has 0 spiro atoms. The summed E-state index contributed by atoms with van der Waals surface area (Å²) in [6.07, 6.45) is 1.64. The molecule has 1 saturated heterocycles. The van der Waals surface area contributed by atoms with Gasteiger partial charge in [-0.2, -0.15) is 0 Å². The van der Waals surface area contributed by atoms with Gasteiger partial charge in [-0.15, -0.1) is 0 Å². The lowest BCUT2D eigenvalue weighted by molar-refractivity contribution is -0.140. The molecule has 174 valence electrons. The second-order valence-electron chi connectivity index (χ2n) is 7.70. The number of ketones is 1. The smallest absolute Gasteiger partial charge is 0.295 e. The van der Waals surface area contributed by atoms with Crippen molar-refractivity contribution in [1.82, 2.24) is 9.80 Å². The number of likely N-dealkylation sites (tertiary alicyclic amines) is 1. The molecule has 3 rings (SSSR count). The van der Waals surface area contributed by atoms with Crippen LogP contribution in [0.4, 0.5) is 0 Å². The first-order valence-corrected chi connectivity index (χ1v) is 11.4. The topological polar surface area (TPSA) is 70.1 Å². The highest BCUT2D eigenvalue weighted by atomic mass is 35.5. The van der Waals surface area contributed by atoms with Crippen LogP contribution in [0.5, 0.6) is 5.75 Å². The number of nitrogens with zero attached hydrogens (tertiary/aromatic N) is 2. The minimum Gasteiger partial charge on any atom is -0.507 e. The fourth-order valence-corrected chi connectivity index (χ4v) is 4.06. The SMILES string of the molecule is C=CCOc1cccc([C@H]2C(=C(O)c3ccc(Cl)cc3)C(=O)C(=O)N2CCN(CC)CC)c1. The van der Waals surface area contributed by atoms with E-state index in [1.165, 1.54) is 4.90 Å². The first-order valence-electron chi connectivity index (χ1n) is 11.0. The zero-order chi connectivity index (χ0) is 24.0. The van der Waals surface area contributed by atoms with Gasteiger partial charge in [-0.25, -0.2) is 0 Å². The number of benzene rings is 2. The number of carbonyl (C=O) groups is 2. The number of likely N-dealkylation sites (N-methyl/N-ethyl adjacent to an activating group) is 1. The molecule has 0 aromatic heterocycles. The fraction of sp³-hybridized carbons (Fsp3) is 0.308. The van der Waals surface area contributed by atoms with Gasteiger partial charge < -0.3 is 19.6 Å². The molecule has 1 fully saturated rings. The average molecular weight is 469 g/mol. The zero-order valence-corrected chi connectivity index (χ0v) is 19.7. The molecule has 0 aliphatic carbocycles. The number of carbonyl (C=O) groups excluding carboxylic acids is 2. The summed E-state index contributed by atoms with van der Waals surface area (Å²) in [7, 11) is 0. The number of hydrogen-bond acceptors (Lipinski definition) is 5. The van der Waals surface area contributed by atoms with Crippen molar-refractivity contribution >= 4 is 29.1 Å². The molecule has 1 aliphatic rings. The Labute approximate surface area is 199 Å². The van der Waals surface area contributed by atoms with Crippen LogP contribution in [0.1, 0.15) is 31.0 Å². The number of ether oxygens (including phenoxy) is 1. The molecule has 6 nitrogen and oxygen atoms in total. The molecular weight excluding hydrogens is 440 g/mol. The minimum absolute atomic E-state index is 0.0581. The van der Waals surface area contributed by atoms with E-state index in [1.54, 1.807) is 48.5 Å². The van der Waals surface area contributed by atoms with E-state index in [0.717, 1.165) is 13.1 Å². The quantitative estimate of drug-likeness (QED) is 0.237. The van der Waals surface area contributed by atoms with Crippen LogP contribution < -0.4 is 4.74 Å². The molecule has 1 heterocycles. The van der Waals surface area contributed by atoms with Crippen molar-refractivity contribution in [2.75, 3.05) is 32.8 Å². The Morgan fingerprint density at radius 3 is 2.52 bits per heavy atom. The second kappa shape index (κ2) is 11.2. The van der Waals surface area contributed by atoms with Crippen LogP contribution in [0.2, 0.25) is 5.02 Å². The summed E-state index contributed by atoms with van der Waals surface area (Å²) in [5.41, 5.74) is 1.17. The maximum atomic E-state index is 13.1. The van der Waals surface area contributed by atoms with Gasteiger partial charge in [0, 0.05) is 23.7 Å². The summed E-state index contributed by atoms with van der Waals surface area (Å²) in [5.74, 6) is -0.963. The van der Waals surface area contributed by atoms with Gasteiger partial charge in [-0.3, -0.25) is 9.59 Å². The van der Waals surface area contributed by atoms with Crippen LogP contribution in [-0.4, -0.2) is 59.4 Å². The van der Waals surface area contributed by atoms with E-state index in [0.29, 0.717) is 41.6 Å². The summed E-state index contributed by atoms with van der Waals surface area (Å²) < 4.78 is 5.66. The fourth-order valence-electron chi connectivity index (χ4n) is 3.94. The summed E-state index contributed by atoms with van der Waals surface area (Å²) in [6, 6.07) is 13.0. The van der Waals surface area contributed by atoms with Gasteiger partial charge in [0.25, 0.3) is 11.7 Å². The third-order valence-electron chi connectivity index (χ3n) is 5.75. The molecule has 7 heteroatoms. The van der Waals surface area contributed by atoms with Gasteiger partial charge in [-0.05, 0) is 55.1 Å². The molecule has 1 amide bonds. The Kier molecular flexibility index (Phi) is 8.31. The van der Waals surface area contributed by atoms with Gasteiger partial charge in [0.2, 0.25) is 0 Å². The predicted molar refractivity (Wildman–Crippen MR) is 130 cm³/mol. The van der Waals surface area contributed by atoms with Crippen molar-refractivity contribution in [3.05, 3.63) is 82.9 Å². The standard InChI is InChI=1S/C26H29ClN2O4/c1-4-16-33-21-9-7-8-19(17-21)23-22(24(30)18-10-12-20(27)13-11-18)25(31)26(32)29(23)15-14-28(5-2)6-3/h4,7-13,17,23,30H,1,5-6,14-16H2,2-3H3/t23-/m0/s1. The number of rotatable bonds is 10. The Bertz CT molecular complexity index is 1040.